The molecule has 14 heavy (non-hydrogen) atoms. The molecule has 0 fully saturated rings. The quantitative estimate of drug-likeness (QED) is 0.771. The summed E-state index contributed by atoms with van der Waals surface area (Å²) in [6.45, 7) is 4.13. The van der Waals surface area contributed by atoms with Crippen molar-refractivity contribution in [2.24, 2.45) is 12.8 Å². The van der Waals surface area contributed by atoms with Gasteiger partial charge in [-0.1, -0.05) is 0 Å². The van der Waals surface area contributed by atoms with Crippen LogP contribution in [0.4, 0.5) is 0 Å². The minimum atomic E-state index is -0.114. The fourth-order valence-corrected chi connectivity index (χ4v) is 1.19. The molecule has 4 nitrogen and oxygen atoms in total. The highest BCUT2D eigenvalue weighted by molar-refractivity contribution is 5.21. The predicted octanol–water partition coefficient (Wildman–Crippen LogP) is 0.631. The Morgan fingerprint density at radius 2 is 2.21 bits per heavy atom. The maximum absolute atomic E-state index is 11.5. The minimum absolute atomic E-state index is 0.00595. The summed E-state index contributed by atoms with van der Waals surface area (Å²) in [7, 11) is 1.84. The summed E-state index contributed by atoms with van der Waals surface area (Å²) < 4.78 is 7.16. The van der Waals surface area contributed by atoms with Crippen molar-refractivity contribution >= 4 is 0 Å². The van der Waals surface area contributed by atoms with Gasteiger partial charge in [0.25, 0.3) is 0 Å². The zero-order valence-corrected chi connectivity index (χ0v) is 8.78. The average molecular weight is 196 g/mol. The summed E-state index contributed by atoms with van der Waals surface area (Å²) in [4.78, 5) is 11.5. The van der Waals surface area contributed by atoms with Crippen molar-refractivity contribution in [3.63, 3.8) is 0 Å². The first kappa shape index (κ1) is 10.8. The van der Waals surface area contributed by atoms with E-state index >= 15 is 0 Å². The Kier molecular flexibility index (Phi) is 3.30. The maximum Gasteiger partial charge on any atom is 0.223 e. The molecule has 78 valence electrons. The second-order valence-corrected chi connectivity index (χ2v) is 3.47. The topological polar surface area (TPSA) is 57.2 Å². The van der Waals surface area contributed by atoms with Crippen LogP contribution < -0.4 is 15.9 Å². The number of pyridine rings is 1. The summed E-state index contributed by atoms with van der Waals surface area (Å²) in [5.41, 5.74) is 6.15. The van der Waals surface area contributed by atoms with E-state index in [0.29, 0.717) is 12.3 Å². The Bertz CT molecular complexity index is 369. The monoisotopic (exact) mass is 196 g/mol. The average Bonchev–Trinajstić information content (AvgIpc) is 2.10. The molecule has 1 rings (SSSR count). The van der Waals surface area contributed by atoms with Crippen LogP contribution in [-0.2, 0) is 13.6 Å². The van der Waals surface area contributed by atoms with Crippen LogP contribution in [0.5, 0.6) is 5.75 Å². The summed E-state index contributed by atoms with van der Waals surface area (Å²) in [6, 6.07) is 1.51. The lowest BCUT2D eigenvalue weighted by molar-refractivity contribution is 0.238. The van der Waals surface area contributed by atoms with E-state index in [9.17, 15) is 4.79 Å². The molecule has 0 saturated carbocycles. The predicted molar refractivity (Wildman–Crippen MR) is 55.3 cm³/mol. The molecule has 0 amide bonds. The fraction of sp³-hybridized carbons (Fsp3) is 0.500. The van der Waals surface area contributed by atoms with E-state index in [2.05, 4.69) is 0 Å². The molecular formula is C10H16N2O2. The molecular weight excluding hydrogens is 180 g/mol. The fourth-order valence-electron chi connectivity index (χ4n) is 1.19. The van der Waals surface area contributed by atoms with Gasteiger partial charge in [0, 0.05) is 25.4 Å². The van der Waals surface area contributed by atoms with Gasteiger partial charge in [0.15, 0.2) is 5.75 Å². The van der Waals surface area contributed by atoms with E-state index in [0.717, 1.165) is 5.69 Å². The molecule has 0 atom stereocenters. The molecule has 1 aromatic rings. The molecule has 2 N–H and O–H groups in total. The summed E-state index contributed by atoms with van der Waals surface area (Å²) >= 11 is 0. The SMILES string of the molecule is CC(C)Oc1cn(C)c(CN)cc1=O. The van der Waals surface area contributed by atoms with Crippen molar-refractivity contribution in [1.29, 1.82) is 0 Å². The lowest BCUT2D eigenvalue weighted by Gasteiger charge is -2.12. The Morgan fingerprint density at radius 1 is 1.57 bits per heavy atom. The van der Waals surface area contributed by atoms with Gasteiger partial charge in [0.2, 0.25) is 5.43 Å². The zero-order chi connectivity index (χ0) is 10.7. The number of ether oxygens (including phenoxy) is 1. The number of rotatable bonds is 3. The number of hydrogen-bond acceptors (Lipinski definition) is 3. The smallest absolute Gasteiger partial charge is 0.223 e. The van der Waals surface area contributed by atoms with Gasteiger partial charge in [0.05, 0.1) is 12.3 Å². The van der Waals surface area contributed by atoms with Gasteiger partial charge >= 0.3 is 0 Å². The molecule has 0 aromatic carbocycles. The van der Waals surface area contributed by atoms with Crippen molar-refractivity contribution < 1.29 is 4.74 Å². The van der Waals surface area contributed by atoms with E-state index in [1.165, 1.54) is 6.07 Å². The number of nitrogens with zero attached hydrogens (tertiary/aromatic N) is 1. The standard InChI is InChI=1S/C10H16N2O2/c1-7(2)14-10-6-12(3)8(5-11)4-9(10)13/h4,6-7H,5,11H2,1-3H3. The van der Waals surface area contributed by atoms with Gasteiger partial charge in [-0.05, 0) is 13.8 Å². The molecule has 0 radical (unpaired) electrons. The molecule has 0 aliphatic heterocycles. The molecule has 4 heteroatoms. The van der Waals surface area contributed by atoms with Gasteiger partial charge in [-0.25, -0.2) is 0 Å². The van der Waals surface area contributed by atoms with Gasteiger partial charge in [-0.2, -0.15) is 0 Å². The Balaban J connectivity index is 3.09. The highest BCUT2D eigenvalue weighted by Gasteiger charge is 2.05. The third-order valence-corrected chi connectivity index (χ3v) is 1.88. The lowest BCUT2D eigenvalue weighted by Crippen LogP contribution is -2.18. The van der Waals surface area contributed by atoms with Crippen molar-refractivity contribution in [3.8, 4) is 5.75 Å². The van der Waals surface area contributed by atoms with Crippen LogP contribution in [-0.4, -0.2) is 10.7 Å². The Morgan fingerprint density at radius 3 is 2.71 bits per heavy atom. The van der Waals surface area contributed by atoms with Gasteiger partial charge < -0.3 is 15.0 Å². The van der Waals surface area contributed by atoms with Gasteiger partial charge in [0.1, 0.15) is 0 Å². The molecule has 0 unspecified atom stereocenters. The molecule has 0 bridgehead atoms. The minimum Gasteiger partial charge on any atom is -0.485 e. The Labute approximate surface area is 83.3 Å². The molecule has 0 aliphatic rings. The van der Waals surface area contributed by atoms with Crippen LogP contribution in [0, 0.1) is 0 Å². The second kappa shape index (κ2) is 4.28. The second-order valence-electron chi connectivity index (χ2n) is 3.47. The third kappa shape index (κ3) is 2.35. The first-order chi connectivity index (χ1) is 6.54. The van der Waals surface area contributed by atoms with Crippen LogP contribution in [0.25, 0.3) is 0 Å². The van der Waals surface area contributed by atoms with E-state index in [4.69, 9.17) is 10.5 Å². The van der Waals surface area contributed by atoms with Crippen LogP contribution in [0.2, 0.25) is 0 Å². The van der Waals surface area contributed by atoms with Gasteiger partial charge in [-0.15, -0.1) is 0 Å². The molecule has 0 aliphatic carbocycles. The van der Waals surface area contributed by atoms with E-state index in [-0.39, 0.29) is 11.5 Å². The zero-order valence-electron chi connectivity index (χ0n) is 8.78. The number of aryl methyl sites for hydroxylation is 1. The van der Waals surface area contributed by atoms with Crippen LogP contribution in [0.3, 0.4) is 0 Å². The first-order valence-electron chi connectivity index (χ1n) is 4.61. The normalized spacial score (nSPS) is 10.6. The highest BCUT2D eigenvalue weighted by Crippen LogP contribution is 2.06. The summed E-state index contributed by atoms with van der Waals surface area (Å²) in [5.74, 6) is 0.375. The van der Waals surface area contributed by atoms with Crippen LogP contribution >= 0.6 is 0 Å². The number of aromatic nitrogens is 1. The maximum atomic E-state index is 11.5. The van der Waals surface area contributed by atoms with E-state index in [1.807, 2.05) is 20.9 Å². The summed E-state index contributed by atoms with van der Waals surface area (Å²) in [6.07, 6.45) is 1.68. The van der Waals surface area contributed by atoms with Crippen LogP contribution in [0.1, 0.15) is 19.5 Å². The third-order valence-electron chi connectivity index (χ3n) is 1.88. The first-order valence-corrected chi connectivity index (χ1v) is 4.61. The van der Waals surface area contributed by atoms with Gasteiger partial charge in [-0.3, -0.25) is 4.79 Å². The van der Waals surface area contributed by atoms with Crippen molar-refractivity contribution in [1.82, 2.24) is 4.57 Å². The number of nitrogens with two attached hydrogens (primary N) is 1. The largest absolute Gasteiger partial charge is 0.485 e. The van der Waals surface area contributed by atoms with Crippen molar-refractivity contribution in [2.75, 3.05) is 0 Å². The van der Waals surface area contributed by atoms with Crippen molar-refractivity contribution in [3.05, 3.63) is 28.2 Å². The molecule has 1 heterocycles. The van der Waals surface area contributed by atoms with Crippen LogP contribution in [0.15, 0.2) is 17.1 Å². The number of hydrogen-bond donors (Lipinski definition) is 1. The lowest BCUT2D eigenvalue weighted by atomic mass is 10.3. The molecule has 0 spiro atoms. The molecule has 1 aromatic heterocycles. The van der Waals surface area contributed by atoms with E-state index < -0.39 is 0 Å². The van der Waals surface area contributed by atoms with Crippen molar-refractivity contribution in [2.45, 2.75) is 26.5 Å². The summed E-state index contributed by atoms with van der Waals surface area (Å²) in [5, 5.41) is 0. The van der Waals surface area contributed by atoms with E-state index in [1.54, 1.807) is 10.8 Å². The Hall–Kier alpha value is -1.29. The highest BCUT2D eigenvalue weighted by atomic mass is 16.5. The molecule has 0 saturated heterocycles.